The first-order valence-electron chi connectivity index (χ1n) is 8.31. The van der Waals surface area contributed by atoms with Gasteiger partial charge in [-0.2, -0.15) is 5.26 Å². The van der Waals surface area contributed by atoms with E-state index in [4.69, 9.17) is 10.5 Å². The second-order valence-electron chi connectivity index (χ2n) is 5.84. The Morgan fingerprint density at radius 2 is 1.88 bits per heavy atom. The van der Waals surface area contributed by atoms with Gasteiger partial charge in [-0.1, -0.05) is 24.3 Å². The van der Waals surface area contributed by atoms with Crippen molar-refractivity contribution in [2.75, 3.05) is 18.0 Å². The molecule has 2 aromatic rings. The summed E-state index contributed by atoms with van der Waals surface area (Å²) < 4.78 is 20.1. The first-order chi connectivity index (χ1) is 12.1. The molecule has 0 aliphatic carbocycles. The molecule has 1 aliphatic rings. The van der Waals surface area contributed by atoms with Gasteiger partial charge in [-0.15, -0.1) is 0 Å². The van der Waals surface area contributed by atoms with Crippen molar-refractivity contribution in [3.05, 3.63) is 70.9 Å². The lowest BCUT2D eigenvalue weighted by molar-refractivity contribution is 0.392. The van der Waals surface area contributed by atoms with Gasteiger partial charge in [0, 0.05) is 36.0 Å². The minimum atomic E-state index is -0.569. The smallest absolute Gasteiger partial charge is 0.205 e. The Morgan fingerprint density at radius 1 is 1.16 bits per heavy atom. The molecule has 0 saturated heterocycles. The number of ether oxygens (including phenoxy) is 1. The third kappa shape index (κ3) is 2.91. The summed E-state index contributed by atoms with van der Waals surface area (Å²) in [4.78, 5) is 2.18. The summed E-state index contributed by atoms with van der Waals surface area (Å²) in [5.74, 6) is -0.344. The van der Waals surface area contributed by atoms with E-state index in [2.05, 4.69) is 24.8 Å². The molecular weight excluding hydrogens is 317 g/mol. The summed E-state index contributed by atoms with van der Waals surface area (Å²) in [6.45, 7) is 5.88. The summed E-state index contributed by atoms with van der Waals surface area (Å²) in [6.07, 6.45) is 0. The Labute approximate surface area is 146 Å². The Bertz CT molecular complexity index is 865. The van der Waals surface area contributed by atoms with Crippen LogP contribution >= 0.6 is 0 Å². The zero-order valence-corrected chi connectivity index (χ0v) is 14.3. The number of anilines is 1. The molecule has 25 heavy (non-hydrogen) atoms. The Morgan fingerprint density at radius 3 is 2.52 bits per heavy atom. The topological polar surface area (TPSA) is 62.3 Å². The van der Waals surface area contributed by atoms with Crippen molar-refractivity contribution >= 4 is 5.69 Å². The molecule has 128 valence electrons. The van der Waals surface area contributed by atoms with Crippen molar-refractivity contribution in [1.82, 2.24) is 0 Å². The lowest BCUT2D eigenvalue weighted by Crippen LogP contribution is -2.24. The van der Waals surface area contributed by atoms with Gasteiger partial charge >= 0.3 is 0 Å². The van der Waals surface area contributed by atoms with Crippen LogP contribution in [0.1, 0.15) is 30.9 Å². The van der Waals surface area contributed by atoms with Gasteiger partial charge in [-0.3, -0.25) is 0 Å². The van der Waals surface area contributed by atoms with E-state index in [-0.39, 0.29) is 17.3 Å². The van der Waals surface area contributed by atoms with Crippen LogP contribution in [-0.2, 0) is 0 Å². The van der Waals surface area contributed by atoms with Crippen LogP contribution in [0.25, 0.3) is 0 Å². The second-order valence-corrected chi connectivity index (χ2v) is 5.84. The number of halogens is 1. The molecule has 0 bridgehead atoms. The molecule has 0 fully saturated rings. The van der Waals surface area contributed by atoms with Crippen LogP contribution in [0.4, 0.5) is 10.1 Å². The van der Waals surface area contributed by atoms with Crippen LogP contribution < -0.4 is 15.4 Å². The number of nitriles is 1. The SMILES string of the molecule is CCN(CC)c1ccc2c(c1)OC(N)=C(C#N)C2c1ccccc1F. The van der Waals surface area contributed by atoms with Crippen molar-refractivity contribution in [3.8, 4) is 11.8 Å². The molecule has 2 aromatic carbocycles. The zero-order valence-electron chi connectivity index (χ0n) is 14.3. The average molecular weight is 337 g/mol. The van der Waals surface area contributed by atoms with E-state index in [9.17, 15) is 9.65 Å². The highest BCUT2D eigenvalue weighted by molar-refractivity contribution is 5.61. The highest BCUT2D eigenvalue weighted by atomic mass is 19.1. The first kappa shape index (κ1) is 16.8. The molecule has 0 amide bonds. The summed E-state index contributed by atoms with van der Waals surface area (Å²) >= 11 is 0. The maximum absolute atomic E-state index is 14.4. The molecule has 1 atom stereocenters. The molecule has 2 N–H and O–H groups in total. The van der Waals surface area contributed by atoms with Crippen LogP contribution in [0.15, 0.2) is 53.9 Å². The van der Waals surface area contributed by atoms with E-state index < -0.39 is 5.92 Å². The molecule has 0 saturated carbocycles. The zero-order chi connectivity index (χ0) is 18.0. The molecule has 1 aliphatic heterocycles. The number of hydrogen-bond acceptors (Lipinski definition) is 4. The van der Waals surface area contributed by atoms with Gasteiger partial charge in [0.25, 0.3) is 0 Å². The number of nitrogens with two attached hydrogens (primary N) is 1. The molecule has 4 nitrogen and oxygen atoms in total. The molecule has 3 rings (SSSR count). The Hall–Kier alpha value is -3.00. The van der Waals surface area contributed by atoms with Gasteiger partial charge in [-0.05, 0) is 26.0 Å². The lowest BCUT2D eigenvalue weighted by Gasteiger charge is -2.29. The fraction of sp³-hybridized carbons (Fsp3) is 0.250. The molecule has 0 radical (unpaired) electrons. The minimum absolute atomic E-state index is 0.0277. The van der Waals surface area contributed by atoms with Gasteiger partial charge in [-0.25, -0.2) is 4.39 Å². The van der Waals surface area contributed by atoms with E-state index >= 15 is 0 Å². The molecule has 1 unspecified atom stereocenters. The molecule has 5 heteroatoms. The van der Waals surface area contributed by atoms with Crippen LogP contribution in [0.5, 0.6) is 5.75 Å². The van der Waals surface area contributed by atoms with Crippen LogP contribution in [0.2, 0.25) is 0 Å². The quantitative estimate of drug-likeness (QED) is 0.919. The van der Waals surface area contributed by atoms with Crippen LogP contribution in [0, 0.1) is 17.1 Å². The van der Waals surface area contributed by atoms with E-state index in [0.29, 0.717) is 11.3 Å². The van der Waals surface area contributed by atoms with Crippen molar-refractivity contribution in [3.63, 3.8) is 0 Å². The average Bonchev–Trinajstić information content (AvgIpc) is 2.62. The summed E-state index contributed by atoms with van der Waals surface area (Å²) in [6, 6.07) is 14.3. The summed E-state index contributed by atoms with van der Waals surface area (Å²) in [5.41, 5.74) is 8.37. The number of benzene rings is 2. The number of allylic oxidation sites excluding steroid dienone is 1. The minimum Gasteiger partial charge on any atom is -0.440 e. The van der Waals surface area contributed by atoms with E-state index in [0.717, 1.165) is 24.3 Å². The van der Waals surface area contributed by atoms with Gasteiger partial charge in [0.05, 0.1) is 5.92 Å². The molecular formula is C20H20FN3O. The largest absolute Gasteiger partial charge is 0.440 e. The highest BCUT2D eigenvalue weighted by Crippen LogP contribution is 2.44. The summed E-state index contributed by atoms with van der Waals surface area (Å²) in [5, 5.41) is 9.53. The van der Waals surface area contributed by atoms with Crippen molar-refractivity contribution < 1.29 is 9.13 Å². The van der Waals surface area contributed by atoms with Crippen LogP contribution in [-0.4, -0.2) is 13.1 Å². The number of nitrogens with zero attached hydrogens (tertiary/aromatic N) is 2. The van der Waals surface area contributed by atoms with Gasteiger partial charge in [0.15, 0.2) is 0 Å². The maximum atomic E-state index is 14.4. The first-order valence-corrected chi connectivity index (χ1v) is 8.31. The van der Waals surface area contributed by atoms with Crippen LogP contribution in [0.3, 0.4) is 0 Å². The molecule has 0 spiro atoms. The van der Waals surface area contributed by atoms with E-state index in [1.807, 2.05) is 18.2 Å². The number of hydrogen-bond donors (Lipinski definition) is 1. The molecule has 0 aromatic heterocycles. The number of fused-ring (bicyclic) bond motifs is 1. The van der Waals surface area contributed by atoms with Crippen molar-refractivity contribution in [2.45, 2.75) is 19.8 Å². The van der Waals surface area contributed by atoms with Gasteiger partial charge < -0.3 is 15.4 Å². The van der Waals surface area contributed by atoms with E-state index in [1.165, 1.54) is 6.07 Å². The highest BCUT2D eigenvalue weighted by Gasteiger charge is 2.32. The van der Waals surface area contributed by atoms with Crippen molar-refractivity contribution in [2.24, 2.45) is 5.73 Å². The monoisotopic (exact) mass is 337 g/mol. The third-order valence-corrected chi connectivity index (χ3v) is 4.55. The van der Waals surface area contributed by atoms with Gasteiger partial charge in [0.2, 0.25) is 5.88 Å². The predicted molar refractivity (Wildman–Crippen MR) is 95.7 cm³/mol. The van der Waals surface area contributed by atoms with Gasteiger partial charge in [0.1, 0.15) is 23.2 Å². The predicted octanol–water partition coefficient (Wildman–Crippen LogP) is 3.89. The maximum Gasteiger partial charge on any atom is 0.205 e. The fourth-order valence-electron chi connectivity index (χ4n) is 3.26. The fourth-order valence-corrected chi connectivity index (χ4v) is 3.26. The normalized spacial score (nSPS) is 16.0. The second kappa shape index (κ2) is 6.86. The Kier molecular flexibility index (Phi) is 4.62. The lowest BCUT2D eigenvalue weighted by atomic mass is 9.83. The summed E-state index contributed by atoms with van der Waals surface area (Å²) in [7, 11) is 0. The molecule has 1 heterocycles. The standard InChI is InChI=1S/C20H20FN3O/c1-3-24(4-2)13-9-10-15-18(11-13)25-20(23)16(12-22)19(15)14-7-5-6-8-17(14)21/h5-11,19H,3-4,23H2,1-2H3. The number of rotatable bonds is 4. The Balaban J connectivity index is 2.17. The van der Waals surface area contributed by atoms with E-state index in [1.54, 1.807) is 18.2 Å². The van der Waals surface area contributed by atoms with Crippen molar-refractivity contribution in [1.29, 1.82) is 5.26 Å². The third-order valence-electron chi connectivity index (χ3n) is 4.55.